The molecule has 0 atom stereocenters. The van der Waals surface area contributed by atoms with E-state index in [9.17, 15) is 4.79 Å². The second kappa shape index (κ2) is 4.84. The molecule has 1 N–H and O–H groups in total. The van der Waals surface area contributed by atoms with E-state index in [-0.39, 0.29) is 0 Å². The van der Waals surface area contributed by atoms with E-state index in [1.807, 2.05) is 0 Å². The number of ether oxygens (including phenoxy) is 1. The van der Waals surface area contributed by atoms with Crippen LogP contribution in [0.5, 0.6) is 0 Å². The van der Waals surface area contributed by atoms with Crippen molar-refractivity contribution in [2.45, 2.75) is 38.2 Å². The molecule has 2 fully saturated rings. The number of nitrogens with zero attached hydrogens (tertiary/aromatic N) is 1. The summed E-state index contributed by atoms with van der Waals surface area (Å²) in [6, 6.07) is 0. The lowest BCUT2D eigenvalue weighted by molar-refractivity contribution is -0.0189. The molecule has 0 spiro atoms. The highest BCUT2D eigenvalue weighted by Gasteiger charge is 2.24. The van der Waals surface area contributed by atoms with Crippen LogP contribution in [-0.4, -0.2) is 41.9 Å². The number of piperidine rings is 1. The molecule has 0 bridgehead atoms. The normalized spacial score (nSPS) is 23.9. The zero-order chi connectivity index (χ0) is 10.7. The zero-order valence-electron chi connectivity index (χ0n) is 9.02. The first kappa shape index (κ1) is 10.7. The van der Waals surface area contributed by atoms with Crippen LogP contribution in [-0.2, 0) is 4.74 Å². The molecule has 2 rings (SSSR count). The fourth-order valence-corrected chi connectivity index (χ4v) is 2.15. The highest BCUT2D eigenvalue weighted by atomic mass is 16.5. The standard InChI is InChI=1S/C11H19NO3/c13-11(14)12-6-4-10(5-7-12)15-8-9-2-1-3-9/h9-10H,1-8H2,(H,13,14). The van der Waals surface area contributed by atoms with Crippen molar-refractivity contribution in [2.75, 3.05) is 19.7 Å². The van der Waals surface area contributed by atoms with Crippen molar-refractivity contribution < 1.29 is 14.6 Å². The van der Waals surface area contributed by atoms with Crippen LogP contribution in [0.25, 0.3) is 0 Å². The third-order valence-electron chi connectivity index (χ3n) is 3.50. The van der Waals surface area contributed by atoms with Crippen molar-refractivity contribution in [3.63, 3.8) is 0 Å². The molecular weight excluding hydrogens is 194 g/mol. The van der Waals surface area contributed by atoms with Gasteiger partial charge in [0.15, 0.2) is 0 Å². The zero-order valence-corrected chi connectivity index (χ0v) is 9.02. The molecule has 86 valence electrons. The molecular formula is C11H19NO3. The second-order valence-corrected chi connectivity index (χ2v) is 4.60. The van der Waals surface area contributed by atoms with Gasteiger partial charge >= 0.3 is 6.09 Å². The van der Waals surface area contributed by atoms with Gasteiger partial charge in [-0.2, -0.15) is 0 Å². The highest BCUT2D eigenvalue weighted by molar-refractivity contribution is 5.64. The highest BCUT2D eigenvalue weighted by Crippen LogP contribution is 2.27. The van der Waals surface area contributed by atoms with Crippen LogP contribution in [0.2, 0.25) is 0 Å². The van der Waals surface area contributed by atoms with Gasteiger partial charge in [-0.1, -0.05) is 6.42 Å². The summed E-state index contributed by atoms with van der Waals surface area (Å²) in [6.07, 6.45) is 5.19. The number of carbonyl (C=O) groups is 1. The van der Waals surface area contributed by atoms with E-state index in [4.69, 9.17) is 9.84 Å². The first-order valence-electron chi connectivity index (χ1n) is 5.85. The largest absolute Gasteiger partial charge is 0.465 e. The number of carboxylic acid groups (broad SMARTS) is 1. The molecule has 15 heavy (non-hydrogen) atoms. The fourth-order valence-electron chi connectivity index (χ4n) is 2.15. The minimum atomic E-state index is -0.799. The van der Waals surface area contributed by atoms with E-state index in [0.717, 1.165) is 25.4 Å². The van der Waals surface area contributed by atoms with Crippen molar-refractivity contribution in [3.05, 3.63) is 0 Å². The van der Waals surface area contributed by atoms with E-state index in [1.54, 1.807) is 0 Å². The van der Waals surface area contributed by atoms with Crippen molar-refractivity contribution >= 4 is 6.09 Å². The maximum absolute atomic E-state index is 10.7. The second-order valence-electron chi connectivity index (χ2n) is 4.60. The summed E-state index contributed by atoms with van der Waals surface area (Å²) in [4.78, 5) is 12.1. The number of rotatable bonds is 3. The summed E-state index contributed by atoms with van der Waals surface area (Å²) in [5.41, 5.74) is 0. The first-order valence-corrected chi connectivity index (χ1v) is 5.85. The molecule has 1 saturated heterocycles. The third kappa shape index (κ3) is 2.84. The minimum absolute atomic E-state index is 0.293. The van der Waals surface area contributed by atoms with Crippen molar-refractivity contribution in [1.29, 1.82) is 0 Å². The van der Waals surface area contributed by atoms with E-state index in [2.05, 4.69) is 0 Å². The molecule has 1 aliphatic heterocycles. The lowest BCUT2D eigenvalue weighted by Gasteiger charge is -2.32. The smallest absolute Gasteiger partial charge is 0.407 e. The first-order chi connectivity index (χ1) is 7.25. The Hall–Kier alpha value is -0.770. The van der Waals surface area contributed by atoms with Gasteiger partial charge in [-0.25, -0.2) is 4.79 Å². The van der Waals surface area contributed by atoms with Gasteiger partial charge in [-0.3, -0.25) is 0 Å². The SMILES string of the molecule is O=C(O)N1CCC(OCC2CCC2)CC1. The summed E-state index contributed by atoms with van der Waals surface area (Å²) in [7, 11) is 0. The van der Waals surface area contributed by atoms with E-state index in [1.165, 1.54) is 24.2 Å². The summed E-state index contributed by atoms with van der Waals surface area (Å²) in [5, 5.41) is 8.77. The molecule has 0 aromatic carbocycles. The monoisotopic (exact) mass is 213 g/mol. The summed E-state index contributed by atoms with van der Waals surface area (Å²) in [5.74, 6) is 0.780. The van der Waals surface area contributed by atoms with Gasteiger partial charge in [0.05, 0.1) is 6.10 Å². The van der Waals surface area contributed by atoms with Gasteiger partial charge < -0.3 is 14.7 Å². The lowest BCUT2D eigenvalue weighted by atomic mass is 9.86. The summed E-state index contributed by atoms with van der Waals surface area (Å²) in [6.45, 7) is 2.15. The number of hydrogen-bond acceptors (Lipinski definition) is 2. The molecule has 4 nitrogen and oxygen atoms in total. The Labute approximate surface area is 90.2 Å². The lowest BCUT2D eigenvalue weighted by Crippen LogP contribution is -2.40. The third-order valence-corrected chi connectivity index (χ3v) is 3.50. The molecule has 1 heterocycles. The van der Waals surface area contributed by atoms with Crippen LogP contribution in [0.1, 0.15) is 32.1 Å². The number of hydrogen-bond donors (Lipinski definition) is 1. The molecule has 0 aromatic rings. The van der Waals surface area contributed by atoms with Gasteiger partial charge in [0.1, 0.15) is 0 Å². The molecule has 1 amide bonds. The van der Waals surface area contributed by atoms with Crippen molar-refractivity contribution in [2.24, 2.45) is 5.92 Å². The van der Waals surface area contributed by atoms with Crippen LogP contribution in [0.3, 0.4) is 0 Å². The van der Waals surface area contributed by atoms with Gasteiger partial charge in [0.2, 0.25) is 0 Å². The van der Waals surface area contributed by atoms with E-state index < -0.39 is 6.09 Å². The van der Waals surface area contributed by atoms with Gasteiger partial charge in [-0.15, -0.1) is 0 Å². The maximum atomic E-state index is 10.7. The summed E-state index contributed by atoms with van der Waals surface area (Å²) >= 11 is 0. The van der Waals surface area contributed by atoms with E-state index >= 15 is 0 Å². The van der Waals surface area contributed by atoms with Crippen LogP contribution in [0.4, 0.5) is 4.79 Å². The van der Waals surface area contributed by atoms with Crippen LogP contribution in [0.15, 0.2) is 0 Å². The predicted octanol–water partition coefficient (Wildman–Crippen LogP) is 1.95. The predicted molar refractivity (Wildman–Crippen MR) is 55.9 cm³/mol. The average molecular weight is 213 g/mol. The molecule has 0 aromatic heterocycles. The Morgan fingerprint density at radius 2 is 1.93 bits per heavy atom. The Balaban J connectivity index is 1.62. The Morgan fingerprint density at radius 1 is 1.27 bits per heavy atom. The minimum Gasteiger partial charge on any atom is -0.465 e. The van der Waals surface area contributed by atoms with Gasteiger partial charge in [0.25, 0.3) is 0 Å². The molecule has 0 radical (unpaired) electrons. The topological polar surface area (TPSA) is 49.8 Å². The fraction of sp³-hybridized carbons (Fsp3) is 0.909. The van der Waals surface area contributed by atoms with Crippen LogP contribution < -0.4 is 0 Å². The molecule has 1 saturated carbocycles. The molecule has 1 aliphatic carbocycles. The maximum Gasteiger partial charge on any atom is 0.407 e. The van der Waals surface area contributed by atoms with Gasteiger partial charge in [0, 0.05) is 19.7 Å². The Kier molecular flexibility index (Phi) is 3.46. The average Bonchev–Trinajstić information content (AvgIpc) is 2.16. The number of likely N-dealkylation sites (tertiary alicyclic amines) is 1. The quantitative estimate of drug-likeness (QED) is 0.779. The van der Waals surface area contributed by atoms with Gasteiger partial charge in [-0.05, 0) is 31.6 Å². The molecule has 0 unspecified atom stereocenters. The van der Waals surface area contributed by atoms with Crippen molar-refractivity contribution in [3.8, 4) is 0 Å². The van der Waals surface area contributed by atoms with Crippen molar-refractivity contribution in [1.82, 2.24) is 4.90 Å². The Morgan fingerprint density at radius 3 is 2.40 bits per heavy atom. The van der Waals surface area contributed by atoms with Crippen LogP contribution >= 0.6 is 0 Å². The van der Waals surface area contributed by atoms with Crippen LogP contribution in [0, 0.1) is 5.92 Å². The van der Waals surface area contributed by atoms with E-state index in [0.29, 0.717) is 19.2 Å². The molecule has 2 aliphatic rings. The Bertz CT molecular complexity index is 220. The number of amides is 1. The summed E-state index contributed by atoms with van der Waals surface area (Å²) < 4.78 is 5.80. The molecule has 4 heteroatoms.